The third kappa shape index (κ3) is 6.43. The molecular formula is C23H29N7O2S2. The zero-order chi connectivity index (χ0) is 23.9. The van der Waals surface area contributed by atoms with Gasteiger partial charge in [-0.2, -0.15) is 0 Å². The number of aromatic nitrogens is 4. The van der Waals surface area contributed by atoms with Crippen LogP contribution in [-0.2, 0) is 11.8 Å². The molecule has 1 saturated heterocycles. The number of likely N-dealkylation sites (tertiary alicyclic amines) is 1. The van der Waals surface area contributed by atoms with E-state index in [2.05, 4.69) is 55.5 Å². The molecule has 3 heterocycles. The minimum Gasteiger partial charge on any atom is -0.350 e. The Morgan fingerprint density at radius 2 is 1.97 bits per heavy atom. The molecule has 0 spiro atoms. The highest BCUT2D eigenvalue weighted by molar-refractivity contribution is 7.99. The van der Waals surface area contributed by atoms with Crippen molar-refractivity contribution in [2.24, 2.45) is 13.0 Å². The first-order valence-electron chi connectivity index (χ1n) is 11.3. The summed E-state index contributed by atoms with van der Waals surface area (Å²) in [6.07, 6.45) is 2.38. The number of piperidine rings is 1. The van der Waals surface area contributed by atoms with Crippen molar-refractivity contribution < 1.29 is 9.59 Å². The Morgan fingerprint density at radius 1 is 1.21 bits per heavy atom. The highest BCUT2D eigenvalue weighted by Crippen LogP contribution is 2.29. The maximum atomic E-state index is 12.8. The van der Waals surface area contributed by atoms with Crippen LogP contribution in [-0.4, -0.2) is 62.3 Å². The van der Waals surface area contributed by atoms with Crippen molar-refractivity contribution in [3.8, 4) is 0 Å². The van der Waals surface area contributed by atoms with Gasteiger partial charge in [-0.1, -0.05) is 24.8 Å². The highest BCUT2D eigenvalue weighted by atomic mass is 32.2. The highest BCUT2D eigenvalue weighted by Gasteiger charge is 2.25. The first kappa shape index (κ1) is 24.4. The summed E-state index contributed by atoms with van der Waals surface area (Å²) in [6.45, 7) is 4.99. The molecule has 0 saturated carbocycles. The number of hydrogen-bond acceptors (Lipinski definition) is 8. The smallest absolute Gasteiger partial charge is 0.251 e. The lowest BCUT2D eigenvalue weighted by Crippen LogP contribution is -2.41. The first-order valence-corrected chi connectivity index (χ1v) is 13.2. The van der Waals surface area contributed by atoms with Gasteiger partial charge in [0.15, 0.2) is 0 Å². The monoisotopic (exact) mass is 499 g/mol. The van der Waals surface area contributed by atoms with Crippen molar-refractivity contribution in [1.29, 1.82) is 0 Å². The predicted octanol–water partition coefficient (Wildman–Crippen LogP) is 3.21. The van der Waals surface area contributed by atoms with Crippen LogP contribution < -0.4 is 10.6 Å². The van der Waals surface area contributed by atoms with Crippen LogP contribution in [0.3, 0.4) is 0 Å². The molecule has 1 atom stereocenters. The normalized spacial score (nSPS) is 15.7. The number of tetrazole rings is 1. The van der Waals surface area contributed by atoms with Gasteiger partial charge >= 0.3 is 0 Å². The Morgan fingerprint density at radius 3 is 2.62 bits per heavy atom. The lowest BCUT2D eigenvalue weighted by atomic mass is 9.97. The van der Waals surface area contributed by atoms with Crippen molar-refractivity contribution in [2.75, 3.05) is 30.7 Å². The van der Waals surface area contributed by atoms with Crippen LogP contribution in [0, 0.1) is 5.92 Å². The Bertz CT molecular complexity index is 1080. The van der Waals surface area contributed by atoms with Crippen molar-refractivity contribution in [1.82, 2.24) is 30.4 Å². The number of hydrogen-bond donors (Lipinski definition) is 2. The van der Waals surface area contributed by atoms with Gasteiger partial charge in [0.1, 0.15) is 0 Å². The third-order valence-corrected chi connectivity index (χ3v) is 7.92. The maximum Gasteiger partial charge on any atom is 0.251 e. The van der Waals surface area contributed by atoms with Crippen LogP contribution >= 0.6 is 23.1 Å². The number of carbonyl (C=O) groups excluding carboxylic acids is 2. The predicted molar refractivity (Wildman–Crippen MR) is 134 cm³/mol. The fourth-order valence-electron chi connectivity index (χ4n) is 3.90. The molecule has 1 aliphatic heterocycles. The van der Waals surface area contributed by atoms with E-state index in [1.54, 1.807) is 42.6 Å². The van der Waals surface area contributed by atoms with Gasteiger partial charge in [0.25, 0.3) is 5.91 Å². The Hall–Kier alpha value is -2.76. The molecule has 34 heavy (non-hydrogen) atoms. The minimum atomic E-state index is -0.167. The van der Waals surface area contributed by atoms with Crippen molar-refractivity contribution in [2.45, 2.75) is 31.0 Å². The molecular weight excluding hydrogens is 470 g/mol. The van der Waals surface area contributed by atoms with E-state index in [9.17, 15) is 9.59 Å². The number of anilines is 1. The summed E-state index contributed by atoms with van der Waals surface area (Å²) < 4.78 is 1.51. The standard InChI is InChI=1S/C23H29N7O2S2/c1-16-9-11-30(12-10-16)19(20-4-3-13-33-20)14-24-22(32)17-5-7-18(8-6-17)25-21(31)15-34-23-26-27-28-29(23)2/h3-8,13,16,19H,9-12,14-15H2,1-2H3,(H,24,32)(H,25,31). The maximum absolute atomic E-state index is 12.8. The number of carbonyl (C=O) groups is 2. The zero-order valence-corrected chi connectivity index (χ0v) is 20.9. The second-order valence-electron chi connectivity index (χ2n) is 8.46. The van der Waals surface area contributed by atoms with Gasteiger partial charge in [0, 0.05) is 29.7 Å². The summed E-state index contributed by atoms with van der Waals surface area (Å²) in [6, 6.07) is 11.3. The Labute approximate surface area is 207 Å². The van der Waals surface area contributed by atoms with Crippen molar-refractivity contribution in [3.05, 3.63) is 52.2 Å². The number of benzene rings is 1. The summed E-state index contributed by atoms with van der Waals surface area (Å²) in [4.78, 5) is 28.8. The second kappa shape index (κ2) is 11.6. The summed E-state index contributed by atoms with van der Waals surface area (Å²) in [5, 5.41) is 19.7. The fourth-order valence-corrected chi connectivity index (χ4v) is 5.41. The number of nitrogens with one attached hydrogen (secondary N) is 2. The molecule has 0 bridgehead atoms. The van der Waals surface area contributed by atoms with Gasteiger partial charge in [0.2, 0.25) is 11.1 Å². The van der Waals surface area contributed by atoms with Crippen LogP contribution in [0.25, 0.3) is 0 Å². The van der Waals surface area contributed by atoms with Crippen molar-refractivity contribution in [3.63, 3.8) is 0 Å². The molecule has 2 amide bonds. The van der Waals surface area contributed by atoms with E-state index in [1.807, 2.05) is 0 Å². The molecule has 1 fully saturated rings. The van der Waals surface area contributed by atoms with Crippen molar-refractivity contribution >= 4 is 40.6 Å². The van der Waals surface area contributed by atoms with Crippen LogP contribution in [0.1, 0.15) is 41.0 Å². The minimum absolute atomic E-state index is 0.116. The summed E-state index contributed by atoms with van der Waals surface area (Å²) in [7, 11) is 1.72. The van der Waals surface area contributed by atoms with Gasteiger partial charge in [-0.25, -0.2) is 4.68 Å². The van der Waals surface area contributed by atoms with Gasteiger partial charge in [0.05, 0.1) is 11.8 Å². The Kier molecular flexibility index (Phi) is 8.30. The topological polar surface area (TPSA) is 105 Å². The molecule has 0 aliphatic carbocycles. The average Bonchev–Trinajstić information content (AvgIpc) is 3.51. The summed E-state index contributed by atoms with van der Waals surface area (Å²) in [5.41, 5.74) is 1.20. The molecule has 11 heteroatoms. The van der Waals surface area contributed by atoms with E-state index >= 15 is 0 Å². The number of rotatable bonds is 9. The van der Waals surface area contributed by atoms with Gasteiger partial charge in [-0.3, -0.25) is 14.5 Å². The number of thioether (sulfide) groups is 1. The number of nitrogens with zero attached hydrogens (tertiary/aromatic N) is 5. The van der Waals surface area contributed by atoms with Crippen LogP contribution in [0.5, 0.6) is 0 Å². The molecule has 1 aliphatic rings. The zero-order valence-electron chi connectivity index (χ0n) is 19.3. The fraction of sp³-hybridized carbons (Fsp3) is 0.435. The molecule has 3 aromatic rings. The van der Waals surface area contributed by atoms with E-state index in [-0.39, 0.29) is 23.6 Å². The average molecular weight is 500 g/mol. The molecule has 2 aromatic heterocycles. The number of aryl methyl sites for hydroxylation is 1. The van der Waals surface area contributed by atoms with Gasteiger partial charge < -0.3 is 10.6 Å². The molecule has 2 N–H and O–H groups in total. The van der Waals surface area contributed by atoms with Crippen LogP contribution in [0.15, 0.2) is 46.9 Å². The second-order valence-corrected chi connectivity index (χ2v) is 10.4. The molecule has 180 valence electrons. The molecule has 4 rings (SSSR count). The molecule has 9 nitrogen and oxygen atoms in total. The lowest BCUT2D eigenvalue weighted by Gasteiger charge is -2.36. The summed E-state index contributed by atoms with van der Waals surface area (Å²) in [5.74, 6) is 0.668. The molecule has 0 radical (unpaired) electrons. The number of thiophene rings is 1. The van der Waals surface area contributed by atoms with E-state index in [0.717, 1.165) is 19.0 Å². The van der Waals surface area contributed by atoms with E-state index in [0.29, 0.717) is 23.0 Å². The number of amides is 2. The lowest BCUT2D eigenvalue weighted by molar-refractivity contribution is -0.113. The molecule has 1 unspecified atom stereocenters. The van der Waals surface area contributed by atoms with Crippen LogP contribution in [0.2, 0.25) is 0 Å². The van der Waals surface area contributed by atoms with Gasteiger partial charge in [-0.05, 0) is 78.0 Å². The van der Waals surface area contributed by atoms with Crippen LogP contribution in [0.4, 0.5) is 5.69 Å². The van der Waals surface area contributed by atoms with E-state index in [4.69, 9.17) is 0 Å². The SMILES string of the molecule is CC1CCN(C(CNC(=O)c2ccc(NC(=O)CSc3nnnn3C)cc2)c2cccs2)CC1. The summed E-state index contributed by atoms with van der Waals surface area (Å²) >= 11 is 2.99. The molecule has 1 aromatic carbocycles. The van der Waals surface area contributed by atoms with Gasteiger partial charge in [-0.15, -0.1) is 16.4 Å². The quantitative estimate of drug-likeness (QED) is 0.436. The largest absolute Gasteiger partial charge is 0.350 e. The van der Waals surface area contributed by atoms with E-state index < -0.39 is 0 Å². The first-order chi connectivity index (χ1) is 16.5. The van der Waals surface area contributed by atoms with E-state index in [1.165, 1.54) is 34.2 Å². The third-order valence-electron chi connectivity index (χ3n) is 5.93. The Balaban J connectivity index is 1.29.